The zero-order chi connectivity index (χ0) is 15.0. The molecule has 1 fully saturated rings. The predicted octanol–water partition coefficient (Wildman–Crippen LogP) is -0.410. The highest BCUT2D eigenvalue weighted by molar-refractivity contribution is 7.13. The number of rotatable bonds is 3. The molecule has 1 saturated heterocycles. The molecule has 0 amide bonds. The van der Waals surface area contributed by atoms with Crippen molar-refractivity contribution in [3.05, 3.63) is 28.3 Å². The number of aliphatic hydroxyl groups is 2. The first-order chi connectivity index (χ1) is 10.1. The molecule has 0 aromatic carbocycles. The third-order valence-corrected chi connectivity index (χ3v) is 4.14. The maximum Gasteiger partial charge on any atom is 0.351 e. The van der Waals surface area contributed by atoms with Crippen LogP contribution in [0.1, 0.15) is 12.6 Å². The van der Waals surface area contributed by atoms with E-state index in [2.05, 4.69) is 9.97 Å². The Hall–Kier alpha value is -1.81. The topological polar surface area (TPSA) is 123 Å². The number of hydrogen-bond donors (Lipinski definition) is 3. The van der Waals surface area contributed by atoms with Crippen molar-refractivity contribution in [3.8, 4) is 10.6 Å². The number of aromatic nitrogens is 3. The lowest BCUT2D eigenvalue weighted by molar-refractivity contribution is -0.0458. The van der Waals surface area contributed by atoms with Crippen LogP contribution in [0.25, 0.3) is 10.6 Å². The summed E-state index contributed by atoms with van der Waals surface area (Å²) in [7, 11) is 0. The lowest BCUT2D eigenvalue weighted by Gasteiger charge is -2.15. The first-order valence-corrected chi connectivity index (χ1v) is 7.21. The molecule has 0 spiro atoms. The zero-order valence-electron chi connectivity index (χ0n) is 10.9. The Labute approximate surface area is 123 Å². The molecule has 2 aromatic heterocycles. The van der Waals surface area contributed by atoms with Crippen LogP contribution < -0.4 is 11.4 Å². The van der Waals surface area contributed by atoms with E-state index in [1.165, 1.54) is 22.1 Å². The van der Waals surface area contributed by atoms with E-state index in [0.717, 1.165) is 0 Å². The van der Waals surface area contributed by atoms with Crippen LogP contribution in [0.5, 0.6) is 0 Å². The van der Waals surface area contributed by atoms with Gasteiger partial charge in [-0.1, -0.05) is 0 Å². The second-order valence-electron chi connectivity index (χ2n) is 4.68. The Bertz CT molecular complexity index is 687. The molecule has 0 aliphatic carbocycles. The summed E-state index contributed by atoms with van der Waals surface area (Å²) in [5.74, 6) is 0.100. The smallest absolute Gasteiger partial charge is 0.351 e. The van der Waals surface area contributed by atoms with Crippen molar-refractivity contribution >= 4 is 17.2 Å². The second-order valence-corrected chi connectivity index (χ2v) is 5.58. The van der Waals surface area contributed by atoms with Crippen LogP contribution in [-0.2, 0) is 4.74 Å². The summed E-state index contributed by atoms with van der Waals surface area (Å²) in [6.45, 7) is -0.311. The van der Waals surface area contributed by atoms with E-state index in [-0.39, 0.29) is 18.8 Å². The molecule has 3 atom stereocenters. The molecule has 0 unspecified atom stereocenters. The molecule has 1 aliphatic rings. The average Bonchev–Trinajstić information content (AvgIpc) is 3.08. The van der Waals surface area contributed by atoms with E-state index in [4.69, 9.17) is 15.6 Å². The van der Waals surface area contributed by atoms with E-state index in [1.807, 2.05) is 0 Å². The number of nitrogens with two attached hydrogens (primary N) is 1. The predicted molar refractivity (Wildman–Crippen MR) is 75.6 cm³/mol. The summed E-state index contributed by atoms with van der Waals surface area (Å²) in [6.07, 6.45) is 1.15. The minimum atomic E-state index is -0.826. The van der Waals surface area contributed by atoms with Crippen LogP contribution in [0.2, 0.25) is 0 Å². The number of nitrogens with zero attached hydrogens (tertiary/aromatic N) is 3. The standard InChI is InChI=1S/C12H14N4O4S/c13-10-6(11-14-1-2-21-11)4-16(12(19)15-10)9-3-7(18)8(5-17)20-9/h1-2,4,7-9,17-18H,3,5H2,(H2,13,15,19)/t7-,8+,9-/m0/s1. The van der Waals surface area contributed by atoms with Crippen molar-refractivity contribution in [3.63, 3.8) is 0 Å². The lowest BCUT2D eigenvalue weighted by Crippen LogP contribution is -2.28. The molecule has 3 heterocycles. The summed E-state index contributed by atoms with van der Waals surface area (Å²) in [6, 6.07) is 0. The van der Waals surface area contributed by atoms with Crippen molar-refractivity contribution in [2.24, 2.45) is 0 Å². The summed E-state index contributed by atoms with van der Waals surface area (Å²) >= 11 is 1.38. The van der Waals surface area contributed by atoms with E-state index in [1.54, 1.807) is 11.6 Å². The molecule has 0 saturated carbocycles. The van der Waals surface area contributed by atoms with Crippen LogP contribution in [0.3, 0.4) is 0 Å². The highest BCUT2D eigenvalue weighted by Crippen LogP contribution is 2.30. The van der Waals surface area contributed by atoms with Crippen LogP contribution in [0.15, 0.2) is 22.6 Å². The number of nitrogen functional groups attached to an aromatic ring is 1. The van der Waals surface area contributed by atoms with Gasteiger partial charge in [-0.05, 0) is 0 Å². The largest absolute Gasteiger partial charge is 0.394 e. The molecule has 0 bridgehead atoms. The third-order valence-electron chi connectivity index (χ3n) is 3.34. The normalized spacial score (nSPS) is 25.3. The highest BCUT2D eigenvalue weighted by atomic mass is 32.1. The molecule has 9 heteroatoms. The van der Waals surface area contributed by atoms with E-state index in [0.29, 0.717) is 10.6 Å². The van der Waals surface area contributed by atoms with Gasteiger partial charge in [-0.3, -0.25) is 4.57 Å². The molecular weight excluding hydrogens is 296 g/mol. The fourth-order valence-corrected chi connectivity index (χ4v) is 2.92. The van der Waals surface area contributed by atoms with Crippen LogP contribution in [0, 0.1) is 0 Å². The third kappa shape index (κ3) is 2.56. The van der Waals surface area contributed by atoms with Gasteiger partial charge in [0.15, 0.2) is 0 Å². The fourth-order valence-electron chi connectivity index (χ4n) is 2.26. The van der Waals surface area contributed by atoms with Crippen molar-refractivity contribution in [2.45, 2.75) is 24.9 Å². The fraction of sp³-hybridized carbons (Fsp3) is 0.417. The van der Waals surface area contributed by atoms with Gasteiger partial charge < -0.3 is 20.7 Å². The maximum atomic E-state index is 12.0. The quantitative estimate of drug-likeness (QED) is 0.704. The van der Waals surface area contributed by atoms with Crippen LogP contribution in [-0.4, -0.2) is 43.6 Å². The average molecular weight is 310 g/mol. The van der Waals surface area contributed by atoms with Gasteiger partial charge in [0.2, 0.25) is 0 Å². The maximum absolute atomic E-state index is 12.0. The number of aliphatic hydroxyl groups excluding tert-OH is 2. The molecule has 0 radical (unpaired) electrons. The monoisotopic (exact) mass is 310 g/mol. The molecule has 2 aromatic rings. The van der Waals surface area contributed by atoms with Crippen molar-refractivity contribution in [1.82, 2.24) is 14.5 Å². The number of thiazole rings is 1. The Morgan fingerprint density at radius 1 is 1.57 bits per heavy atom. The van der Waals surface area contributed by atoms with Gasteiger partial charge >= 0.3 is 5.69 Å². The van der Waals surface area contributed by atoms with E-state index >= 15 is 0 Å². The summed E-state index contributed by atoms with van der Waals surface area (Å²) in [5, 5.41) is 21.3. The molecule has 112 valence electrons. The number of anilines is 1. The molecule has 1 aliphatic heterocycles. The van der Waals surface area contributed by atoms with Gasteiger partial charge in [0, 0.05) is 24.2 Å². The number of hydrogen-bond acceptors (Lipinski definition) is 8. The van der Waals surface area contributed by atoms with Gasteiger partial charge in [0.25, 0.3) is 0 Å². The Kier molecular flexibility index (Phi) is 3.72. The lowest BCUT2D eigenvalue weighted by atomic mass is 10.2. The van der Waals surface area contributed by atoms with Gasteiger partial charge in [0.05, 0.1) is 18.3 Å². The van der Waals surface area contributed by atoms with Crippen molar-refractivity contribution in [2.75, 3.05) is 12.3 Å². The Balaban J connectivity index is 2.00. The minimum absolute atomic E-state index is 0.100. The van der Waals surface area contributed by atoms with E-state index in [9.17, 15) is 9.90 Å². The summed E-state index contributed by atoms with van der Waals surface area (Å²) < 4.78 is 6.74. The van der Waals surface area contributed by atoms with E-state index < -0.39 is 24.1 Å². The molecule has 3 rings (SSSR count). The Morgan fingerprint density at radius 3 is 3.00 bits per heavy atom. The summed E-state index contributed by atoms with van der Waals surface area (Å²) in [4.78, 5) is 19.9. The minimum Gasteiger partial charge on any atom is -0.394 e. The number of ether oxygens (including phenoxy) is 1. The van der Waals surface area contributed by atoms with Crippen LogP contribution in [0.4, 0.5) is 5.82 Å². The zero-order valence-corrected chi connectivity index (χ0v) is 11.7. The SMILES string of the molecule is Nc1nc(=O)n([C@@H]2C[C@H](O)[C@@H](CO)O2)cc1-c1nccs1. The Morgan fingerprint density at radius 2 is 2.38 bits per heavy atom. The van der Waals surface area contributed by atoms with Crippen molar-refractivity contribution < 1.29 is 14.9 Å². The van der Waals surface area contributed by atoms with Gasteiger partial charge in [-0.25, -0.2) is 9.78 Å². The first-order valence-electron chi connectivity index (χ1n) is 6.33. The second kappa shape index (κ2) is 5.53. The van der Waals surface area contributed by atoms with Crippen molar-refractivity contribution in [1.29, 1.82) is 0 Å². The molecular formula is C12H14N4O4S. The van der Waals surface area contributed by atoms with Gasteiger partial charge in [0.1, 0.15) is 23.2 Å². The highest BCUT2D eigenvalue weighted by Gasteiger charge is 2.35. The van der Waals surface area contributed by atoms with Crippen LogP contribution >= 0.6 is 11.3 Å². The summed E-state index contributed by atoms with van der Waals surface area (Å²) in [5.41, 5.74) is 5.74. The molecule has 4 N–H and O–H groups in total. The van der Waals surface area contributed by atoms with Gasteiger partial charge in [-0.15, -0.1) is 11.3 Å². The molecule has 8 nitrogen and oxygen atoms in total. The first kappa shape index (κ1) is 14.1. The molecule has 21 heavy (non-hydrogen) atoms. The van der Waals surface area contributed by atoms with Gasteiger partial charge in [-0.2, -0.15) is 4.98 Å².